The smallest absolute Gasteiger partial charge is 0.239 e. The van der Waals surface area contributed by atoms with Gasteiger partial charge in [-0.3, -0.25) is 9.48 Å². The van der Waals surface area contributed by atoms with Gasteiger partial charge in [0.2, 0.25) is 5.91 Å². The van der Waals surface area contributed by atoms with Crippen LogP contribution in [0.25, 0.3) is 0 Å². The average molecular weight is 223 g/mol. The minimum absolute atomic E-state index is 0.128. The summed E-state index contributed by atoms with van der Waals surface area (Å²) in [6, 6.07) is 0.541. The van der Waals surface area contributed by atoms with Crippen LogP contribution in [0.5, 0.6) is 0 Å². The molecule has 1 aromatic rings. The summed E-state index contributed by atoms with van der Waals surface area (Å²) >= 11 is 0. The largest absolute Gasteiger partial charge is 0.381 e. The van der Waals surface area contributed by atoms with Gasteiger partial charge in [0.1, 0.15) is 6.54 Å². The number of nitrogens with two attached hydrogens (primary N) is 1. The molecule has 6 nitrogen and oxygen atoms in total. The number of hydrogen-bond donors (Lipinski definition) is 3. The average Bonchev–Trinajstić information content (AvgIpc) is 2.84. The zero-order chi connectivity index (χ0) is 11.4. The van der Waals surface area contributed by atoms with Crippen LogP contribution in [0.2, 0.25) is 0 Å². The molecule has 0 aliphatic carbocycles. The van der Waals surface area contributed by atoms with Crippen molar-refractivity contribution in [3.63, 3.8) is 0 Å². The van der Waals surface area contributed by atoms with Crippen LogP contribution in [0, 0.1) is 0 Å². The fraction of sp³-hybridized carbons (Fsp3) is 0.600. The highest BCUT2D eigenvalue weighted by molar-refractivity contribution is 5.73. The van der Waals surface area contributed by atoms with Gasteiger partial charge >= 0.3 is 0 Å². The Hall–Kier alpha value is -1.56. The molecule has 88 valence electrons. The Balaban J connectivity index is 1.80. The van der Waals surface area contributed by atoms with E-state index in [1.54, 1.807) is 12.4 Å². The molecule has 0 spiro atoms. The third-order valence-corrected chi connectivity index (χ3v) is 2.67. The quantitative estimate of drug-likeness (QED) is 0.630. The molecule has 1 atom stereocenters. The van der Waals surface area contributed by atoms with Gasteiger partial charge in [-0.25, -0.2) is 0 Å². The lowest BCUT2D eigenvalue weighted by Crippen LogP contribution is -2.29. The number of nitrogens with one attached hydrogen (secondary N) is 2. The number of carbonyl (C=O) groups is 1. The summed E-state index contributed by atoms with van der Waals surface area (Å²) in [5, 5.41) is 10.7. The first-order chi connectivity index (χ1) is 7.74. The highest BCUT2D eigenvalue weighted by atomic mass is 16.1. The van der Waals surface area contributed by atoms with Crippen molar-refractivity contribution in [2.45, 2.75) is 25.4 Å². The van der Waals surface area contributed by atoms with E-state index in [9.17, 15) is 4.79 Å². The van der Waals surface area contributed by atoms with E-state index in [0.717, 1.165) is 18.8 Å². The van der Waals surface area contributed by atoms with Crippen molar-refractivity contribution in [1.82, 2.24) is 15.1 Å². The monoisotopic (exact) mass is 223 g/mol. The Morgan fingerprint density at radius 1 is 1.75 bits per heavy atom. The molecule has 2 heterocycles. The number of primary amides is 1. The Morgan fingerprint density at radius 3 is 3.31 bits per heavy atom. The SMILES string of the molecule is NC(=O)Cn1cc(NCC2CCCN2)cn1. The topological polar surface area (TPSA) is 85.0 Å². The molecule has 1 saturated heterocycles. The van der Waals surface area contributed by atoms with Gasteiger partial charge in [0.25, 0.3) is 0 Å². The summed E-state index contributed by atoms with van der Waals surface area (Å²) in [4.78, 5) is 10.7. The first kappa shape index (κ1) is 10.9. The highest BCUT2D eigenvalue weighted by Crippen LogP contribution is 2.08. The van der Waals surface area contributed by atoms with Gasteiger partial charge in [-0.05, 0) is 19.4 Å². The maximum absolute atomic E-state index is 10.7. The van der Waals surface area contributed by atoms with E-state index in [4.69, 9.17) is 5.73 Å². The second kappa shape index (κ2) is 4.98. The van der Waals surface area contributed by atoms with Crippen LogP contribution >= 0.6 is 0 Å². The summed E-state index contributed by atoms with van der Waals surface area (Å²) in [7, 11) is 0. The lowest BCUT2D eigenvalue weighted by atomic mass is 10.2. The molecule has 0 saturated carbocycles. The summed E-state index contributed by atoms with van der Waals surface area (Å²) in [5.74, 6) is -0.382. The normalized spacial score (nSPS) is 19.9. The van der Waals surface area contributed by atoms with Gasteiger partial charge in [-0.15, -0.1) is 0 Å². The summed E-state index contributed by atoms with van der Waals surface area (Å²) in [6.45, 7) is 2.12. The molecule has 1 amide bonds. The second-order valence-corrected chi connectivity index (χ2v) is 4.07. The second-order valence-electron chi connectivity index (χ2n) is 4.07. The van der Waals surface area contributed by atoms with Gasteiger partial charge < -0.3 is 16.4 Å². The summed E-state index contributed by atoms with van der Waals surface area (Å²) < 4.78 is 1.53. The molecule has 0 bridgehead atoms. The number of rotatable bonds is 5. The molecule has 16 heavy (non-hydrogen) atoms. The molecule has 4 N–H and O–H groups in total. The third-order valence-electron chi connectivity index (χ3n) is 2.67. The van der Waals surface area contributed by atoms with Crippen LogP contribution in [-0.2, 0) is 11.3 Å². The van der Waals surface area contributed by atoms with Crippen LogP contribution in [-0.4, -0.2) is 34.8 Å². The minimum Gasteiger partial charge on any atom is -0.381 e. The Morgan fingerprint density at radius 2 is 2.62 bits per heavy atom. The zero-order valence-corrected chi connectivity index (χ0v) is 9.15. The molecule has 1 fully saturated rings. The van der Waals surface area contributed by atoms with Crippen LogP contribution in [0.1, 0.15) is 12.8 Å². The van der Waals surface area contributed by atoms with E-state index in [1.807, 2.05) is 0 Å². The molecule has 1 aliphatic rings. The van der Waals surface area contributed by atoms with Crippen molar-refractivity contribution in [1.29, 1.82) is 0 Å². The van der Waals surface area contributed by atoms with E-state index in [2.05, 4.69) is 15.7 Å². The first-order valence-electron chi connectivity index (χ1n) is 5.52. The molecule has 2 rings (SSSR count). The summed E-state index contributed by atoms with van der Waals surface area (Å²) in [5.41, 5.74) is 6.00. The van der Waals surface area contributed by atoms with Gasteiger partial charge in [0.05, 0.1) is 11.9 Å². The Bertz CT molecular complexity index is 356. The predicted molar refractivity (Wildman–Crippen MR) is 60.9 cm³/mol. The number of nitrogens with zero attached hydrogens (tertiary/aromatic N) is 2. The predicted octanol–water partition coefficient (Wildman–Crippen LogP) is -0.468. The number of carbonyl (C=O) groups excluding carboxylic acids is 1. The molecular formula is C10H17N5O. The van der Waals surface area contributed by atoms with Crippen LogP contribution in [0.15, 0.2) is 12.4 Å². The number of amides is 1. The van der Waals surface area contributed by atoms with Gasteiger partial charge in [0, 0.05) is 18.8 Å². The van der Waals surface area contributed by atoms with Crippen molar-refractivity contribution in [3.05, 3.63) is 12.4 Å². The molecular weight excluding hydrogens is 206 g/mol. The van der Waals surface area contributed by atoms with Crippen molar-refractivity contribution >= 4 is 11.6 Å². The fourth-order valence-electron chi connectivity index (χ4n) is 1.87. The third kappa shape index (κ3) is 2.96. The Kier molecular flexibility index (Phi) is 3.40. The molecule has 1 aromatic heterocycles. The van der Waals surface area contributed by atoms with Crippen molar-refractivity contribution in [2.75, 3.05) is 18.4 Å². The van der Waals surface area contributed by atoms with E-state index < -0.39 is 0 Å². The minimum atomic E-state index is -0.382. The highest BCUT2D eigenvalue weighted by Gasteiger charge is 2.13. The van der Waals surface area contributed by atoms with Gasteiger partial charge in [-0.1, -0.05) is 0 Å². The maximum atomic E-state index is 10.7. The molecule has 6 heteroatoms. The lowest BCUT2D eigenvalue weighted by molar-refractivity contribution is -0.118. The fourth-order valence-corrected chi connectivity index (χ4v) is 1.87. The van der Waals surface area contributed by atoms with Crippen LogP contribution < -0.4 is 16.4 Å². The zero-order valence-electron chi connectivity index (χ0n) is 9.15. The summed E-state index contributed by atoms with van der Waals surface area (Å²) in [6.07, 6.45) is 5.95. The lowest BCUT2D eigenvalue weighted by Gasteiger charge is -2.10. The molecule has 0 radical (unpaired) electrons. The first-order valence-corrected chi connectivity index (χ1v) is 5.52. The van der Waals surface area contributed by atoms with Crippen LogP contribution in [0.4, 0.5) is 5.69 Å². The van der Waals surface area contributed by atoms with E-state index in [1.165, 1.54) is 17.5 Å². The standard InChI is InChI=1S/C10H17N5O/c11-10(16)7-15-6-9(5-14-15)13-4-8-2-1-3-12-8/h5-6,8,12-13H,1-4,7H2,(H2,11,16). The van der Waals surface area contributed by atoms with E-state index >= 15 is 0 Å². The maximum Gasteiger partial charge on any atom is 0.239 e. The number of anilines is 1. The van der Waals surface area contributed by atoms with Gasteiger partial charge in [0.15, 0.2) is 0 Å². The van der Waals surface area contributed by atoms with E-state index in [-0.39, 0.29) is 12.5 Å². The number of hydrogen-bond acceptors (Lipinski definition) is 4. The van der Waals surface area contributed by atoms with Crippen molar-refractivity contribution in [3.8, 4) is 0 Å². The van der Waals surface area contributed by atoms with E-state index in [0.29, 0.717) is 6.04 Å². The molecule has 1 aliphatic heterocycles. The van der Waals surface area contributed by atoms with Crippen molar-refractivity contribution in [2.24, 2.45) is 5.73 Å². The van der Waals surface area contributed by atoms with Crippen LogP contribution in [0.3, 0.4) is 0 Å². The van der Waals surface area contributed by atoms with Gasteiger partial charge in [-0.2, -0.15) is 5.10 Å². The molecule has 0 aromatic carbocycles. The number of aromatic nitrogens is 2. The van der Waals surface area contributed by atoms with Crippen molar-refractivity contribution < 1.29 is 4.79 Å². The Labute approximate surface area is 94.2 Å². The molecule has 1 unspecified atom stereocenters.